The molecular weight excluding hydrogens is 367 g/mol. The van der Waals surface area contributed by atoms with Crippen LogP contribution in [0.15, 0.2) is 22.7 Å². The van der Waals surface area contributed by atoms with E-state index in [-0.39, 0.29) is 29.6 Å². The van der Waals surface area contributed by atoms with E-state index in [1.165, 1.54) is 0 Å². The Bertz CT molecular complexity index is 754. The zero-order chi connectivity index (χ0) is 18.4. The highest BCUT2D eigenvalue weighted by molar-refractivity contribution is 6.39. The van der Waals surface area contributed by atoms with E-state index in [0.29, 0.717) is 40.9 Å². The van der Waals surface area contributed by atoms with Crippen LogP contribution in [-0.4, -0.2) is 30.2 Å². The monoisotopic (exact) mass is 384 g/mol. The average molecular weight is 385 g/mol. The summed E-state index contributed by atoms with van der Waals surface area (Å²) in [5.41, 5.74) is 1.00. The molecule has 2 aromatic rings. The molecule has 2 rings (SSSR count). The molecule has 0 radical (unpaired) electrons. The number of carbonyl (C=O) groups is 2. The van der Waals surface area contributed by atoms with Gasteiger partial charge in [0.2, 0.25) is 0 Å². The largest absolute Gasteiger partial charge is 0.466 e. The third-order valence-corrected chi connectivity index (χ3v) is 4.07. The first kappa shape index (κ1) is 19.3. The van der Waals surface area contributed by atoms with Gasteiger partial charge in [-0.25, -0.2) is 0 Å². The van der Waals surface area contributed by atoms with E-state index in [9.17, 15) is 9.59 Å². The summed E-state index contributed by atoms with van der Waals surface area (Å²) >= 11 is 12.4. The highest BCUT2D eigenvalue weighted by Crippen LogP contribution is 2.36. The lowest BCUT2D eigenvalue weighted by molar-refractivity contribution is -0.143. The molecule has 6 nitrogen and oxygen atoms in total. The summed E-state index contributed by atoms with van der Waals surface area (Å²) in [5, 5.41) is 7.41. The Morgan fingerprint density at radius 1 is 1.28 bits per heavy atom. The summed E-state index contributed by atoms with van der Waals surface area (Å²) < 4.78 is 9.99. The highest BCUT2D eigenvalue weighted by Gasteiger charge is 2.24. The second kappa shape index (κ2) is 8.87. The third kappa shape index (κ3) is 4.74. The predicted molar refractivity (Wildman–Crippen MR) is 94.9 cm³/mol. The summed E-state index contributed by atoms with van der Waals surface area (Å²) in [6.45, 7) is 4.04. The first-order valence-electron chi connectivity index (χ1n) is 7.80. The summed E-state index contributed by atoms with van der Waals surface area (Å²) in [6, 6.07) is 5.03. The molecule has 1 aromatic carbocycles. The lowest BCUT2D eigenvalue weighted by atomic mass is 10.1. The van der Waals surface area contributed by atoms with E-state index in [1.54, 1.807) is 32.0 Å². The van der Waals surface area contributed by atoms with Crippen LogP contribution in [0.4, 0.5) is 0 Å². The fraction of sp³-hybridized carbons (Fsp3) is 0.353. The lowest BCUT2D eigenvalue weighted by Crippen LogP contribution is -2.25. The Labute approximate surface area is 155 Å². The van der Waals surface area contributed by atoms with E-state index in [0.717, 1.165) is 0 Å². The van der Waals surface area contributed by atoms with Crippen LogP contribution in [-0.2, 0) is 9.53 Å². The van der Waals surface area contributed by atoms with Gasteiger partial charge in [-0.15, -0.1) is 0 Å². The van der Waals surface area contributed by atoms with E-state index in [1.807, 2.05) is 0 Å². The number of esters is 1. The van der Waals surface area contributed by atoms with Crippen LogP contribution < -0.4 is 5.32 Å². The maximum atomic E-state index is 12.5. The van der Waals surface area contributed by atoms with Crippen molar-refractivity contribution in [3.63, 3.8) is 0 Å². The number of hydrogen-bond acceptors (Lipinski definition) is 5. The Morgan fingerprint density at radius 2 is 1.96 bits per heavy atom. The van der Waals surface area contributed by atoms with Crippen LogP contribution in [0.1, 0.15) is 35.9 Å². The number of carbonyl (C=O) groups excluding carboxylic acids is 2. The summed E-state index contributed by atoms with van der Waals surface area (Å²) in [7, 11) is 0. The number of nitrogens with zero attached hydrogens (tertiary/aromatic N) is 1. The van der Waals surface area contributed by atoms with Crippen molar-refractivity contribution >= 4 is 35.1 Å². The van der Waals surface area contributed by atoms with Gasteiger partial charge in [-0.2, -0.15) is 0 Å². The van der Waals surface area contributed by atoms with Crippen LogP contribution >= 0.6 is 23.2 Å². The number of aromatic nitrogens is 1. The smallest absolute Gasteiger partial charge is 0.305 e. The number of rotatable bonds is 7. The normalized spacial score (nSPS) is 10.6. The van der Waals surface area contributed by atoms with Crippen LogP contribution in [0.25, 0.3) is 11.3 Å². The van der Waals surface area contributed by atoms with Gasteiger partial charge in [-0.1, -0.05) is 34.4 Å². The van der Waals surface area contributed by atoms with Crippen LogP contribution in [0.3, 0.4) is 0 Å². The number of amides is 1. The van der Waals surface area contributed by atoms with Crippen molar-refractivity contribution in [1.29, 1.82) is 0 Å². The molecule has 0 atom stereocenters. The molecule has 1 heterocycles. The fourth-order valence-corrected chi connectivity index (χ4v) is 2.87. The SMILES string of the molecule is CCOC(=O)CCCNC(=O)c1c(-c2c(Cl)cccc2Cl)noc1C. The first-order chi connectivity index (χ1) is 12.0. The van der Waals surface area contributed by atoms with E-state index >= 15 is 0 Å². The van der Waals surface area contributed by atoms with Crippen molar-refractivity contribution in [2.75, 3.05) is 13.2 Å². The summed E-state index contributed by atoms with van der Waals surface area (Å²) in [4.78, 5) is 23.8. The molecule has 0 saturated carbocycles. The van der Waals surface area contributed by atoms with Crippen molar-refractivity contribution in [3.8, 4) is 11.3 Å². The number of halogens is 2. The molecule has 0 spiro atoms. The second-order valence-corrected chi connectivity index (χ2v) is 6.04. The highest BCUT2D eigenvalue weighted by atomic mass is 35.5. The Morgan fingerprint density at radius 3 is 2.60 bits per heavy atom. The second-order valence-electron chi connectivity index (χ2n) is 5.22. The number of nitrogens with one attached hydrogen (secondary N) is 1. The lowest BCUT2D eigenvalue weighted by Gasteiger charge is -2.08. The van der Waals surface area contributed by atoms with Gasteiger partial charge in [0.25, 0.3) is 5.91 Å². The fourth-order valence-electron chi connectivity index (χ4n) is 2.29. The molecule has 0 unspecified atom stereocenters. The molecule has 1 N–H and O–H groups in total. The Hall–Kier alpha value is -2.05. The Kier molecular flexibility index (Phi) is 6.84. The Balaban J connectivity index is 2.11. The average Bonchev–Trinajstić information content (AvgIpc) is 2.93. The summed E-state index contributed by atoms with van der Waals surface area (Å²) in [6.07, 6.45) is 0.705. The quantitative estimate of drug-likeness (QED) is 0.575. The molecule has 25 heavy (non-hydrogen) atoms. The topological polar surface area (TPSA) is 81.4 Å². The zero-order valence-electron chi connectivity index (χ0n) is 13.9. The number of hydrogen-bond donors (Lipinski definition) is 1. The van der Waals surface area contributed by atoms with Gasteiger partial charge < -0.3 is 14.6 Å². The van der Waals surface area contributed by atoms with Crippen molar-refractivity contribution in [2.24, 2.45) is 0 Å². The van der Waals surface area contributed by atoms with Crippen molar-refractivity contribution in [1.82, 2.24) is 10.5 Å². The predicted octanol–water partition coefficient (Wildman–Crippen LogP) is 4.03. The number of benzene rings is 1. The molecule has 0 bridgehead atoms. The maximum Gasteiger partial charge on any atom is 0.305 e. The first-order valence-corrected chi connectivity index (χ1v) is 8.55. The summed E-state index contributed by atoms with van der Waals surface area (Å²) in [5.74, 6) is -0.302. The van der Waals surface area contributed by atoms with Crippen molar-refractivity contribution in [3.05, 3.63) is 39.6 Å². The van der Waals surface area contributed by atoms with E-state index < -0.39 is 0 Å². The maximum absolute atomic E-state index is 12.5. The third-order valence-electron chi connectivity index (χ3n) is 3.44. The molecule has 1 aromatic heterocycles. The minimum Gasteiger partial charge on any atom is -0.466 e. The van der Waals surface area contributed by atoms with Crippen molar-refractivity contribution < 1.29 is 18.8 Å². The van der Waals surface area contributed by atoms with Crippen LogP contribution in [0.5, 0.6) is 0 Å². The van der Waals surface area contributed by atoms with E-state index in [4.69, 9.17) is 32.5 Å². The molecule has 0 aliphatic heterocycles. The molecule has 1 amide bonds. The van der Waals surface area contributed by atoms with Gasteiger partial charge in [0.1, 0.15) is 17.0 Å². The van der Waals surface area contributed by atoms with Gasteiger partial charge in [-0.05, 0) is 32.4 Å². The van der Waals surface area contributed by atoms with E-state index in [2.05, 4.69) is 10.5 Å². The molecule has 8 heteroatoms. The molecule has 0 aliphatic carbocycles. The minimum atomic E-state index is -0.367. The standard InChI is InChI=1S/C17H18Cl2N2O4/c1-3-24-13(22)8-5-9-20-17(23)14-10(2)25-21-16(14)15-11(18)6-4-7-12(15)19/h4,6-7H,3,5,8-9H2,1-2H3,(H,20,23). The molecule has 134 valence electrons. The molecule has 0 saturated heterocycles. The molecular formula is C17H18Cl2N2O4. The zero-order valence-corrected chi connectivity index (χ0v) is 15.4. The van der Waals surface area contributed by atoms with Crippen LogP contribution in [0, 0.1) is 6.92 Å². The minimum absolute atomic E-state index is 0.236. The van der Waals surface area contributed by atoms with Gasteiger partial charge in [0.05, 0.1) is 16.7 Å². The van der Waals surface area contributed by atoms with Crippen LogP contribution in [0.2, 0.25) is 10.0 Å². The number of aryl methyl sites for hydroxylation is 1. The van der Waals surface area contributed by atoms with Gasteiger partial charge in [0.15, 0.2) is 0 Å². The van der Waals surface area contributed by atoms with Gasteiger partial charge in [-0.3, -0.25) is 9.59 Å². The molecule has 0 aliphatic rings. The van der Waals surface area contributed by atoms with Gasteiger partial charge >= 0.3 is 5.97 Å². The van der Waals surface area contributed by atoms with Crippen molar-refractivity contribution in [2.45, 2.75) is 26.7 Å². The number of ether oxygens (including phenoxy) is 1. The molecule has 0 fully saturated rings. The van der Waals surface area contributed by atoms with Gasteiger partial charge in [0, 0.05) is 18.5 Å².